The standard InChI is InChI=1S/C10H19NO2/c1-7(11)8(9(12)13-5)6-10(2,3)4/h6,11H2,1-5H3. The van der Waals surface area contributed by atoms with Gasteiger partial charge in [-0.15, -0.1) is 0 Å². The average Bonchev–Trinajstić information content (AvgIpc) is 1.96. The van der Waals surface area contributed by atoms with Crippen LogP contribution in [0.1, 0.15) is 34.1 Å². The van der Waals surface area contributed by atoms with Crippen molar-refractivity contribution in [1.29, 1.82) is 0 Å². The predicted molar refractivity (Wildman–Crippen MR) is 53.0 cm³/mol. The first-order valence-electron chi connectivity index (χ1n) is 4.31. The van der Waals surface area contributed by atoms with E-state index < -0.39 is 0 Å². The quantitative estimate of drug-likeness (QED) is 0.527. The molecule has 13 heavy (non-hydrogen) atoms. The second-order valence-electron chi connectivity index (χ2n) is 4.39. The summed E-state index contributed by atoms with van der Waals surface area (Å²) in [6, 6.07) is 0. The first kappa shape index (κ1) is 12.0. The highest BCUT2D eigenvalue weighted by atomic mass is 16.5. The molecule has 0 unspecified atom stereocenters. The summed E-state index contributed by atoms with van der Waals surface area (Å²) < 4.78 is 4.64. The fraction of sp³-hybridized carbons (Fsp3) is 0.700. The van der Waals surface area contributed by atoms with Crippen LogP contribution in [0.15, 0.2) is 11.3 Å². The zero-order valence-corrected chi connectivity index (χ0v) is 9.10. The average molecular weight is 185 g/mol. The van der Waals surface area contributed by atoms with Crippen LogP contribution in [0.4, 0.5) is 0 Å². The molecule has 3 nitrogen and oxygen atoms in total. The summed E-state index contributed by atoms with van der Waals surface area (Å²) in [7, 11) is 1.37. The lowest BCUT2D eigenvalue weighted by atomic mass is 9.87. The number of rotatable bonds is 2. The number of carbonyl (C=O) groups excluding carboxylic acids is 1. The molecular formula is C10H19NO2. The molecule has 0 heterocycles. The molecule has 0 bridgehead atoms. The van der Waals surface area contributed by atoms with Crippen LogP contribution in [0.3, 0.4) is 0 Å². The second kappa shape index (κ2) is 4.30. The minimum Gasteiger partial charge on any atom is -0.466 e. The Morgan fingerprint density at radius 3 is 2.08 bits per heavy atom. The van der Waals surface area contributed by atoms with Crippen molar-refractivity contribution in [2.45, 2.75) is 34.1 Å². The Morgan fingerprint density at radius 2 is 1.85 bits per heavy atom. The van der Waals surface area contributed by atoms with Crippen molar-refractivity contribution < 1.29 is 9.53 Å². The van der Waals surface area contributed by atoms with E-state index in [1.807, 2.05) is 0 Å². The molecule has 0 saturated carbocycles. The largest absolute Gasteiger partial charge is 0.466 e. The van der Waals surface area contributed by atoms with E-state index >= 15 is 0 Å². The Morgan fingerprint density at radius 1 is 1.38 bits per heavy atom. The van der Waals surface area contributed by atoms with E-state index in [1.165, 1.54) is 7.11 Å². The summed E-state index contributed by atoms with van der Waals surface area (Å²) in [5.41, 5.74) is 6.77. The molecule has 0 aromatic rings. The van der Waals surface area contributed by atoms with E-state index in [4.69, 9.17) is 5.73 Å². The van der Waals surface area contributed by atoms with Crippen molar-refractivity contribution in [3.05, 3.63) is 11.3 Å². The molecule has 0 rings (SSSR count). The molecule has 0 aromatic carbocycles. The van der Waals surface area contributed by atoms with Gasteiger partial charge >= 0.3 is 5.97 Å². The summed E-state index contributed by atoms with van der Waals surface area (Å²) in [5.74, 6) is -0.324. The highest BCUT2D eigenvalue weighted by molar-refractivity contribution is 5.89. The number of hydrogen-bond acceptors (Lipinski definition) is 3. The van der Waals surface area contributed by atoms with Gasteiger partial charge in [-0.2, -0.15) is 0 Å². The van der Waals surface area contributed by atoms with Gasteiger partial charge in [0.15, 0.2) is 0 Å². The van der Waals surface area contributed by atoms with Crippen molar-refractivity contribution in [2.75, 3.05) is 7.11 Å². The number of methoxy groups -OCH3 is 1. The first-order valence-corrected chi connectivity index (χ1v) is 4.31. The van der Waals surface area contributed by atoms with Gasteiger partial charge in [0.25, 0.3) is 0 Å². The van der Waals surface area contributed by atoms with E-state index in [2.05, 4.69) is 25.5 Å². The van der Waals surface area contributed by atoms with Crippen LogP contribution in [0.2, 0.25) is 0 Å². The lowest BCUT2D eigenvalue weighted by molar-refractivity contribution is -0.136. The molecule has 0 saturated heterocycles. The Bertz CT molecular complexity index is 220. The van der Waals surface area contributed by atoms with E-state index in [1.54, 1.807) is 6.92 Å². The number of hydrogen-bond donors (Lipinski definition) is 1. The number of esters is 1. The fourth-order valence-corrected chi connectivity index (χ4v) is 1.03. The van der Waals surface area contributed by atoms with Gasteiger partial charge in [0.1, 0.15) is 0 Å². The minimum atomic E-state index is -0.324. The first-order chi connectivity index (χ1) is 5.78. The third kappa shape index (κ3) is 4.55. The molecule has 0 fully saturated rings. The molecule has 2 N–H and O–H groups in total. The second-order valence-corrected chi connectivity index (χ2v) is 4.39. The molecule has 0 aliphatic heterocycles. The minimum absolute atomic E-state index is 0.0458. The smallest absolute Gasteiger partial charge is 0.335 e. The maximum atomic E-state index is 11.3. The van der Waals surface area contributed by atoms with Crippen LogP contribution >= 0.6 is 0 Å². The molecule has 0 aromatic heterocycles. The lowest BCUT2D eigenvalue weighted by Gasteiger charge is -2.19. The number of ether oxygens (including phenoxy) is 1. The summed E-state index contributed by atoms with van der Waals surface area (Å²) in [6.45, 7) is 7.88. The van der Waals surface area contributed by atoms with Crippen LogP contribution in [-0.2, 0) is 9.53 Å². The van der Waals surface area contributed by atoms with Crippen LogP contribution in [0.25, 0.3) is 0 Å². The van der Waals surface area contributed by atoms with Gasteiger partial charge < -0.3 is 10.5 Å². The fourth-order valence-electron chi connectivity index (χ4n) is 1.03. The van der Waals surface area contributed by atoms with E-state index in [0.29, 0.717) is 17.7 Å². The van der Waals surface area contributed by atoms with Gasteiger partial charge in [-0.05, 0) is 18.8 Å². The summed E-state index contributed by atoms with van der Waals surface area (Å²) >= 11 is 0. The Kier molecular flexibility index (Phi) is 3.98. The Hall–Kier alpha value is -0.990. The molecule has 0 spiro atoms. The van der Waals surface area contributed by atoms with E-state index in [0.717, 1.165) is 0 Å². The number of nitrogens with two attached hydrogens (primary N) is 1. The molecular weight excluding hydrogens is 166 g/mol. The third-order valence-corrected chi connectivity index (χ3v) is 1.61. The summed E-state index contributed by atoms with van der Waals surface area (Å²) in [4.78, 5) is 11.3. The Balaban J connectivity index is 4.68. The van der Waals surface area contributed by atoms with Gasteiger partial charge in [-0.25, -0.2) is 4.79 Å². The maximum absolute atomic E-state index is 11.3. The Labute approximate surface area is 79.9 Å². The molecule has 3 heteroatoms. The van der Waals surface area contributed by atoms with Crippen molar-refractivity contribution in [2.24, 2.45) is 11.1 Å². The zero-order valence-electron chi connectivity index (χ0n) is 9.10. The molecule has 0 aliphatic carbocycles. The summed E-state index contributed by atoms with van der Waals surface area (Å²) in [6.07, 6.45) is 0.641. The van der Waals surface area contributed by atoms with Gasteiger partial charge in [-0.3, -0.25) is 0 Å². The van der Waals surface area contributed by atoms with Gasteiger partial charge in [0, 0.05) is 5.70 Å². The molecule has 0 radical (unpaired) electrons. The lowest BCUT2D eigenvalue weighted by Crippen LogP contribution is -2.17. The van der Waals surface area contributed by atoms with Gasteiger partial charge in [0.2, 0.25) is 0 Å². The van der Waals surface area contributed by atoms with E-state index in [-0.39, 0.29) is 11.4 Å². The van der Waals surface area contributed by atoms with Crippen molar-refractivity contribution in [1.82, 2.24) is 0 Å². The van der Waals surface area contributed by atoms with Crippen LogP contribution in [-0.4, -0.2) is 13.1 Å². The number of carbonyl (C=O) groups is 1. The van der Waals surface area contributed by atoms with Crippen LogP contribution < -0.4 is 5.73 Å². The SMILES string of the molecule is COC(=O)C(CC(C)(C)C)=C(C)N. The zero-order chi connectivity index (χ0) is 10.6. The highest BCUT2D eigenvalue weighted by Crippen LogP contribution is 2.25. The highest BCUT2D eigenvalue weighted by Gasteiger charge is 2.20. The molecule has 76 valence electrons. The van der Waals surface area contributed by atoms with Crippen LogP contribution in [0, 0.1) is 5.41 Å². The van der Waals surface area contributed by atoms with Crippen molar-refractivity contribution in [3.8, 4) is 0 Å². The van der Waals surface area contributed by atoms with Gasteiger partial charge in [0.05, 0.1) is 12.7 Å². The van der Waals surface area contributed by atoms with Gasteiger partial charge in [-0.1, -0.05) is 20.8 Å². The molecule has 0 amide bonds. The topological polar surface area (TPSA) is 52.3 Å². The monoisotopic (exact) mass is 185 g/mol. The predicted octanol–water partition coefficient (Wildman–Crippen LogP) is 1.83. The van der Waals surface area contributed by atoms with Crippen molar-refractivity contribution >= 4 is 5.97 Å². The number of allylic oxidation sites excluding steroid dienone is 1. The molecule has 0 atom stereocenters. The van der Waals surface area contributed by atoms with Crippen molar-refractivity contribution in [3.63, 3.8) is 0 Å². The van der Waals surface area contributed by atoms with E-state index in [9.17, 15) is 4.79 Å². The summed E-state index contributed by atoms with van der Waals surface area (Å²) in [5, 5.41) is 0. The molecule has 0 aliphatic rings. The maximum Gasteiger partial charge on any atom is 0.335 e. The normalized spacial score (nSPS) is 13.6. The van der Waals surface area contributed by atoms with Crippen LogP contribution in [0.5, 0.6) is 0 Å². The third-order valence-electron chi connectivity index (χ3n) is 1.61.